The Hall–Kier alpha value is -1.33. The Balaban J connectivity index is 2.30. The van der Waals surface area contributed by atoms with Crippen LogP contribution in [0.15, 0.2) is 23.7 Å². The average Bonchev–Trinajstić information content (AvgIpc) is 2.91. The smallest absolute Gasteiger partial charge is 0.224 e. The van der Waals surface area contributed by atoms with Crippen molar-refractivity contribution in [2.45, 2.75) is 13.0 Å². The highest BCUT2D eigenvalue weighted by Crippen LogP contribution is 2.31. The van der Waals surface area contributed by atoms with Gasteiger partial charge in [-0.1, -0.05) is 17.7 Å². The maximum absolute atomic E-state index is 6.16. The van der Waals surface area contributed by atoms with Crippen LogP contribution in [0.25, 0.3) is 0 Å². The maximum Gasteiger partial charge on any atom is 0.224 e. The lowest BCUT2D eigenvalue weighted by atomic mass is 10.2. The van der Waals surface area contributed by atoms with Gasteiger partial charge in [-0.15, -0.1) is 11.3 Å². The quantitative estimate of drug-likeness (QED) is 0.933. The third-order valence-corrected chi connectivity index (χ3v) is 4.13. The first kappa shape index (κ1) is 13.1. The van der Waals surface area contributed by atoms with E-state index in [4.69, 9.17) is 11.6 Å². The topological polar surface area (TPSA) is 41.1 Å². The highest BCUT2D eigenvalue weighted by molar-refractivity contribution is 7.10. The van der Waals surface area contributed by atoms with Gasteiger partial charge in [0.15, 0.2) is 5.82 Å². The molecule has 0 aliphatic heterocycles. The molecule has 0 bridgehead atoms. The summed E-state index contributed by atoms with van der Waals surface area (Å²) in [5.74, 6) is 1.30. The third kappa shape index (κ3) is 2.57. The largest absolute Gasteiger partial charge is 0.357 e. The molecule has 4 nitrogen and oxygen atoms in total. The molecule has 0 fully saturated rings. The highest BCUT2D eigenvalue weighted by atomic mass is 35.5. The lowest BCUT2D eigenvalue weighted by Crippen LogP contribution is -2.22. The van der Waals surface area contributed by atoms with Gasteiger partial charge < -0.3 is 10.2 Å². The van der Waals surface area contributed by atoms with E-state index in [0.717, 1.165) is 5.82 Å². The van der Waals surface area contributed by atoms with Crippen LogP contribution in [0.2, 0.25) is 5.02 Å². The number of aromatic nitrogens is 2. The van der Waals surface area contributed by atoms with Gasteiger partial charge in [0, 0.05) is 19.0 Å². The van der Waals surface area contributed by atoms with Crippen LogP contribution in [-0.2, 0) is 0 Å². The lowest BCUT2D eigenvalue weighted by molar-refractivity contribution is 0.741. The molecule has 2 heterocycles. The third-order valence-electron chi connectivity index (χ3n) is 2.82. The van der Waals surface area contributed by atoms with Crippen LogP contribution in [0.4, 0.5) is 11.8 Å². The van der Waals surface area contributed by atoms with Gasteiger partial charge in [-0.25, -0.2) is 4.98 Å². The summed E-state index contributed by atoms with van der Waals surface area (Å²) in [4.78, 5) is 11.8. The van der Waals surface area contributed by atoms with E-state index in [9.17, 15) is 0 Å². The Morgan fingerprint density at radius 3 is 2.89 bits per heavy atom. The molecule has 6 heteroatoms. The summed E-state index contributed by atoms with van der Waals surface area (Å²) in [5, 5.41) is 5.54. The van der Waals surface area contributed by atoms with E-state index in [2.05, 4.69) is 38.6 Å². The average molecular weight is 283 g/mol. The second-order valence-electron chi connectivity index (χ2n) is 3.92. The molecular weight excluding hydrogens is 268 g/mol. The van der Waals surface area contributed by atoms with Crippen LogP contribution in [0.5, 0.6) is 0 Å². The van der Waals surface area contributed by atoms with E-state index >= 15 is 0 Å². The first-order chi connectivity index (χ1) is 8.63. The molecule has 2 aromatic rings. The molecular formula is C12H15ClN4S. The molecule has 0 aliphatic carbocycles. The van der Waals surface area contributed by atoms with Crippen molar-refractivity contribution in [2.24, 2.45) is 0 Å². The van der Waals surface area contributed by atoms with Crippen LogP contribution in [0.3, 0.4) is 0 Å². The summed E-state index contributed by atoms with van der Waals surface area (Å²) in [6.45, 7) is 2.13. The Kier molecular flexibility index (Phi) is 4.04. The molecule has 18 heavy (non-hydrogen) atoms. The van der Waals surface area contributed by atoms with Crippen molar-refractivity contribution in [1.82, 2.24) is 9.97 Å². The number of rotatable bonds is 4. The second-order valence-corrected chi connectivity index (χ2v) is 5.30. The van der Waals surface area contributed by atoms with Crippen LogP contribution < -0.4 is 10.2 Å². The highest BCUT2D eigenvalue weighted by Gasteiger charge is 2.17. The Morgan fingerprint density at radius 2 is 2.28 bits per heavy atom. The number of hydrogen-bond acceptors (Lipinski definition) is 5. The number of nitrogens with zero attached hydrogens (tertiary/aromatic N) is 3. The van der Waals surface area contributed by atoms with Gasteiger partial charge in [0.05, 0.1) is 12.2 Å². The molecule has 0 saturated carbocycles. The zero-order valence-electron chi connectivity index (χ0n) is 10.5. The molecule has 0 amide bonds. The molecule has 1 N–H and O–H groups in total. The van der Waals surface area contributed by atoms with Crippen molar-refractivity contribution in [3.63, 3.8) is 0 Å². The number of anilines is 2. The van der Waals surface area contributed by atoms with Gasteiger partial charge in [-0.3, -0.25) is 0 Å². The van der Waals surface area contributed by atoms with Crippen molar-refractivity contribution in [1.29, 1.82) is 0 Å². The van der Waals surface area contributed by atoms with Crippen molar-refractivity contribution < 1.29 is 0 Å². The fraction of sp³-hybridized carbons (Fsp3) is 0.333. The molecule has 2 rings (SSSR count). The molecule has 1 atom stereocenters. The first-order valence-electron chi connectivity index (χ1n) is 5.60. The summed E-state index contributed by atoms with van der Waals surface area (Å²) < 4.78 is 0. The number of hydrogen-bond donors (Lipinski definition) is 1. The van der Waals surface area contributed by atoms with Gasteiger partial charge >= 0.3 is 0 Å². The predicted molar refractivity (Wildman–Crippen MR) is 77.7 cm³/mol. The molecule has 96 valence electrons. The van der Waals surface area contributed by atoms with Gasteiger partial charge in [-0.05, 0) is 18.4 Å². The first-order valence-corrected chi connectivity index (χ1v) is 6.85. The van der Waals surface area contributed by atoms with Crippen LogP contribution in [0.1, 0.15) is 17.8 Å². The summed E-state index contributed by atoms with van der Waals surface area (Å²) in [7, 11) is 3.77. The van der Waals surface area contributed by atoms with Crippen molar-refractivity contribution in [3.8, 4) is 0 Å². The summed E-state index contributed by atoms with van der Waals surface area (Å²) in [6.07, 6.45) is 1.62. The second kappa shape index (κ2) is 5.54. The minimum Gasteiger partial charge on any atom is -0.357 e. The van der Waals surface area contributed by atoms with Crippen LogP contribution >= 0.6 is 22.9 Å². The minimum atomic E-state index is 0.224. The molecule has 0 saturated heterocycles. The molecule has 0 radical (unpaired) electrons. The van der Waals surface area contributed by atoms with Crippen molar-refractivity contribution in [2.75, 3.05) is 24.3 Å². The standard InChI is InChI=1S/C12H15ClN4S/c1-8(10-5-4-6-18-10)17(3)11-9(13)7-15-12(14-2)16-11/h4-8H,1-3H3,(H,14,15,16). The van der Waals surface area contributed by atoms with E-state index in [1.54, 1.807) is 24.6 Å². The van der Waals surface area contributed by atoms with Gasteiger partial charge in [0.1, 0.15) is 5.02 Å². The Bertz CT molecular complexity index is 515. The maximum atomic E-state index is 6.16. The van der Waals surface area contributed by atoms with Gasteiger partial charge in [0.25, 0.3) is 0 Å². The molecule has 1 unspecified atom stereocenters. The fourth-order valence-corrected chi connectivity index (χ4v) is 2.68. The number of thiophene rings is 1. The van der Waals surface area contributed by atoms with Crippen LogP contribution in [-0.4, -0.2) is 24.1 Å². The van der Waals surface area contributed by atoms with Crippen molar-refractivity contribution >= 4 is 34.7 Å². The molecule has 0 spiro atoms. The lowest BCUT2D eigenvalue weighted by Gasteiger charge is -2.26. The fourth-order valence-electron chi connectivity index (χ4n) is 1.63. The van der Waals surface area contributed by atoms with Crippen LogP contribution in [0, 0.1) is 0 Å². The normalized spacial score (nSPS) is 12.2. The Labute approximate surface area is 116 Å². The summed E-state index contributed by atoms with van der Waals surface area (Å²) in [5.41, 5.74) is 0. The summed E-state index contributed by atoms with van der Waals surface area (Å²) >= 11 is 7.89. The van der Waals surface area contributed by atoms with E-state index in [-0.39, 0.29) is 6.04 Å². The number of halogens is 1. The number of nitrogens with one attached hydrogen (secondary N) is 1. The molecule has 0 aliphatic rings. The molecule has 0 aromatic carbocycles. The van der Waals surface area contributed by atoms with Gasteiger partial charge in [-0.2, -0.15) is 4.98 Å². The summed E-state index contributed by atoms with van der Waals surface area (Å²) in [6, 6.07) is 4.38. The minimum absolute atomic E-state index is 0.224. The van der Waals surface area contributed by atoms with E-state index in [1.807, 2.05) is 13.1 Å². The van der Waals surface area contributed by atoms with Crippen molar-refractivity contribution in [3.05, 3.63) is 33.6 Å². The Morgan fingerprint density at radius 1 is 1.50 bits per heavy atom. The van der Waals surface area contributed by atoms with E-state index < -0.39 is 0 Å². The molecule has 2 aromatic heterocycles. The SMILES string of the molecule is CNc1ncc(Cl)c(N(C)C(C)c2cccs2)n1. The zero-order valence-corrected chi connectivity index (χ0v) is 12.1. The zero-order chi connectivity index (χ0) is 13.1. The van der Waals surface area contributed by atoms with E-state index in [0.29, 0.717) is 11.0 Å². The monoisotopic (exact) mass is 282 g/mol. The predicted octanol–water partition coefficient (Wildman–Crippen LogP) is 3.43. The van der Waals surface area contributed by atoms with Gasteiger partial charge in [0.2, 0.25) is 5.95 Å². The van der Waals surface area contributed by atoms with E-state index in [1.165, 1.54) is 4.88 Å².